The largest absolute Gasteiger partial charge is 0.479 e. The van der Waals surface area contributed by atoms with Crippen molar-refractivity contribution in [3.05, 3.63) is 29.8 Å². The van der Waals surface area contributed by atoms with E-state index in [4.69, 9.17) is 14.9 Å². The highest BCUT2D eigenvalue weighted by atomic mass is 16.5. The molecule has 0 aliphatic rings. The van der Waals surface area contributed by atoms with Gasteiger partial charge >= 0.3 is 11.9 Å². The lowest BCUT2D eigenvalue weighted by Gasteiger charge is -2.15. The average Bonchev–Trinajstić information content (AvgIpc) is 2.38. The van der Waals surface area contributed by atoms with E-state index in [0.29, 0.717) is 12.2 Å². The minimum absolute atomic E-state index is 0.144. The number of rotatable bonds is 8. The fraction of sp³-hybridized carbons (Fsp3) is 0.429. The summed E-state index contributed by atoms with van der Waals surface area (Å²) in [4.78, 5) is 21.7. The van der Waals surface area contributed by atoms with Gasteiger partial charge in [0.2, 0.25) is 0 Å². The molecule has 1 unspecified atom stereocenters. The molecule has 2 N–H and O–H groups in total. The van der Waals surface area contributed by atoms with E-state index < -0.39 is 18.0 Å². The molecule has 0 aromatic heterocycles. The first-order chi connectivity index (χ1) is 9.04. The van der Waals surface area contributed by atoms with Crippen LogP contribution in [-0.4, -0.2) is 28.3 Å². The normalized spacial score (nSPS) is 11.8. The average molecular weight is 266 g/mol. The van der Waals surface area contributed by atoms with E-state index in [9.17, 15) is 9.59 Å². The van der Waals surface area contributed by atoms with Crippen LogP contribution in [0.5, 0.6) is 5.75 Å². The monoisotopic (exact) mass is 266 g/mol. The smallest absolute Gasteiger partial charge is 0.344 e. The van der Waals surface area contributed by atoms with E-state index in [1.165, 1.54) is 24.3 Å². The van der Waals surface area contributed by atoms with Gasteiger partial charge in [-0.2, -0.15) is 0 Å². The van der Waals surface area contributed by atoms with Gasteiger partial charge in [-0.15, -0.1) is 0 Å². The minimum Gasteiger partial charge on any atom is -0.479 e. The van der Waals surface area contributed by atoms with E-state index in [1.54, 1.807) is 0 Å². The van der Waals surface area contributed by atoms with Gasteiger partial charge in [-0.25, -0.2) is 9.59 Å². The van der Waals surface area contributed by atoms with Crippen LogP contribution < -0.4 is 4.74 Å². The van der Waals surface area contributed by atoms with Gasteiger partial charge in [0.1, 0.15) is 5.75 Å². The Morgan fingerprint density at radius 2 is 1.79 bits per heavy atom. The van der Waals surface area contributed by atoms with Crippen molar-refractivity contribution < 1.29 is 24.5 Å². The van der Waals surface area contributed by atoms with Crippen LogP contribution in [0.3, 0.4) is 0 Å². The third-order valence-corrected chi connectivity index (χ3v) is 2.72. The first-order valence-corrected chi connectivity index (χ1v) is 6.27. The predicted octanol–water partition coefficient (Wildman–Crippen LogP) is 2.80. The third kappa shape index (κ3) is 4.99. The van der Waals surface area contributed by atoms with Crippen LogP contribution >= 0.6 is 0 Å². The summed E-state index contributed by atoms with van der Waals surface area (Å²) in [6.07, 6.45) is 2.33. The van der Waals surface area contributed by atoms with Crippen molar-refractivity contribution in [2.45, 2.75) is 38.7 Å². The van der Waals surface area contributed by atoms with E-state index in [2.05, 4.69) is 0 Å². The number of carboxylic acids is 2. The maximum absolute atomic E-state index is 11.1. The number of ether oxygens (including phenoxy) is 1. The highest BCUT2D eigenvalue weighted by molar-refractivity contribution is 5.87. The maximum Gasteiger partial charge on any atom is 0.344 e. The molecule has 1 rings (SSSR count). The van der Waals surface area contributed by atoms with Gasteiger partial charge in [0.25, 0.3) is 0 Å². The zero-order valence-corrected chi connectivity index (χ0v) is 10.8. The summed E-state index contributed by atoms with van der Waals surface area (Å²) in [6, 6.07) is 5.73. The molecular weight excluding hydrogens is 248 g/mol. The van der Waals surface area contributed by atoms with Gasteiger partial charge in [-0.3, -0.25) is 0 Å². The molecule has 1 aromatic carbocycles. The lowest BCUT2D eigenvalue weighted by atomic mass is 10.1. The summed E-state index contributed by atoms with van der Waals surface area (Å²) < 4.78 is 5.36. The summed E-state index contributed by atoms with van der Waals surface area (Å²) in [5.74, 6) is -1.66. The van der Waals surface area contributed by atoms with Crippen molar-refractivity contribution in [1.82, 2.24) is 0 Å². The van der Waals surface area contributed by atoms with Gasteiger partial charge in [-0.1, -0.05) is 19.8 Å². The van der Waals surface area contributed by atoms with E-state index >= 15 is 0 Å². The number of benzene rings is 1. The Hall–Kier alpha value is -2.04. The van der Waals surface area contributed by atoms with Crippen molar-refractivity contribution >= 4 is 11.9 Å². The van der Waals surface area contributed by atoms with Crippen LogP contribution in [0.4, 0.5) is 0 Å². The number of carboxylic acid groups (broad SMARTS) is 2. The molecule has 0 saturated heterocycles. The van der Waals surface area contributed by atoms with Crippen LogP contribution in [0, 0.1) is 0 Å². The van der Waals surface area contributed by atoms with Gasteiger partial charge in [0.05, 0.1) is 5.56 Å². The second-order valence-electron chi connectivity index (χ2n) is 4.27. The van der Waals surface area contributed by atoms with Crippen molar-refractivity contribution in [3.8, 4) is 5.75 Å². The SMILES string of the molecule is CCCCCC(Oc1ccc(C(=O)O)cc1)C(=O)O. The molecule has 19 heavy (non-hydrogen) atoms. The molecule has 0 aliphatic heterocycles. The minimum atomic E-state index is -1.02. The van der Waals surface area contributed by atoms with Crippen LogP contribution in [0.25, 0.3) is 0 Å². The Bertz CT molecular complexity index is 424. The number of aliphatic carboxylic acids is 1. The molecule has 0 radical (unpaired) electrons. The molecule has 0 saturated carbocycles. The van der Waals surface area contributed by atoms with Crippen LogP contribution in [0.2, 0.25) is 0 Å². The molecule has 5 nitrogen and oxygen atoms in total. The Morgan fingerprint density at radius 3 is 2.26 bits per heavy atom. The zero-order chi connectivity index (χ0) is 14.3. The lowest BCUT2D eigenvalue weighted by Crippen LogP contribution is -2.26. The van der Waals surface area contributed by atoms with Crippen molar-refractivity contribution in [3.63, 3.8) is 0 Å². The number of hydrogen-bond donors (Lipinski definition) is 2. The molecule has 0 spiro atoms. The van der Waals surface area contributed by atoms with Crippen molar-refractivity contribution in [2.75, 3.05) is 0 Å². The zero-order valence-electron chi connectivity index (χ0n) is 10.8. The molecule has 0 bridgehead atoms. The summed E-state index contributed by atoms with van der Waals surface area (Å²) >= 11 is 0. The molecule has 104 valence electrons. The number of carbonyl (C=O) groups is 2. The second-order valence-corrected chi connectivity index (χ2v) is 4.27. The molecule has 0 aliphatic carbocycles. The first kappa shape index (κ1) is 15.0. The van der Waals surface area contributed by atoms with E-state index in [0.717, 1.165) is 19.3 Å². The van der Waals surface area contributed by atoms with Gasteiger partial charge in [0, 0.05) is 0 Å². The topological polar surface area (TPSA) is 83.8 Å². The Balaban J connectivity index is 2.63. The van der Waals surface area contributed by atoms with Crippen LogP contribution in [0.1, 0.15) is 43.0 Å². The molecule has 0 fully saturated rings. The predicted molar refractivity (Wildman–Crippen MR) is 69.6 cm³/mol. The lowest BCUT2D eigenvalue weighted by molar-refractivity contribution is -0.145. The van der Waals surface area contributed by atoms with Gasteiger partial charge in [0.15, 0.2) is 6.10 Å². The molecular formula is C14H18O5. The summed E-state index contributed by atoms with van der Waals surface area (Å²) in [5, 5.41) is 17.8. The first-order valence-electron chi connectivity index (χ1n) is 6.27. The Morgan fingerprint density at radius 1 is 1.16 bits per heavy atom. The van der Waals surface area contributed by atoms with Crippen LogP contribution in [-0.2, 0) is 4.79 Å². The third-order valence-electron chi connectivity index (χ3n) is 2.72. The fourth-order valence-corrected chi connectivity index (χ4v) is 1.65. The molecule has 1 aromatic rings. The molecule has 1 atom stereocenters. The number of unbranched alkanes of at least 4 members (excludes halogenated alkanes) is 2. The van der Waals surface area contributed by atoms with E-state index in [-0.39, 0.29) is 5.56 Å². The summed E-state index contributed by atoms with van der Waals surface area (Å²) in [5.41, 5.74) is 0.144. The summed E-state index contributed by atoms with van der Waals surface area (Å²) in [7, 11) is 0. The second kappa shape index (κ2) is 7.41. The summed E-state index contributed by atoms with van der Waals surface area (Å²) in [6.45, 7) is 2.04. The maximum atomic E-state index is 11.1. The highest BCUT2D eigenvalue weighted by Gasteiger charge is 2.18. The highest BCUT2D eigenvalue weighted by Crippen LogP contribution is 2.16. The molecule has 5 heteroatoms. The molecule has 0 heterocycles. The molecule has 0 amide bonds. The van der Waals surface area contributed by atoms with E-state index in [1.807, 2.05) is 6.92 Å². The van der Waals surface area contributed by atoms with Crippen molar-refractivity contribution in [1.29, 1.82) is 0 Å². The Labute approximate surface area is 111 Å². The quantitative estimate of drug-likeness (QED) is 0.707. The number of hydrogen-bond acceptors (Lipinski definition) is 3. The van der Waals surface area contributed by atoms with Gasteiger partial charge < -0.3 is 14.9 Å². The Kier molecular flexibility index (Phi) is 5.85. The standard InChI is InChI=1S/C14H18O5/c1-2-3-4-5-12(14(17)18)19-11-8-6-10(7-9-11)13(15)16/h6-9,12H,2-5H2,1H3,(H,15,16)(H,17,18). The number of aromatic carboxylic acids is 1. The van der Waals surface area contributed by atoms with Gasteiger partial charge in [-0.05, 0) is 37.1 Å². The van der Waals surface area contributed by atoms with Crippen molar-refractivity contribution in [2.24, 2.45) is 0 Å². The van der Waals surface area contributed by atoms with Crippen LogP contribution in [0.15, 0.2) is 24.3 Å². The fourth-order valence-electron chi connectivity index (χ4n) is 1.65.